The Hall–Kier alpha value is -1.83. The van der Waals surface area contributed by atoms with Crippen LogP contribution in [0.25, 0.3) is 0 Å². The fourth-order valence-electron chi connectivity index (χ4n) is 2.95. The molecule has 7 nitrogen and oxygen atoms in total. The smallest absolute Gasteiger partial charge is 0.287 e. The third-order valence-corrected chi connectivity index (χ3v) is 5.04. The summed E-state index contributed by atoms with van der Waals surface area (Å²) in [5.74, 6) is 2.80. The highest BCUT2D eigenvalue weighted by molar-refractivity contribution is 7.99. The number of carbonyl (C=O) groups is 1. The van der Waals surface area contributed by atoms with Gasteiger partial charge < -0.3 is 9.80 Å². The van der Waals surface area contributed by atoms with Gasteiger partial charge in [-0.3, -0.25) is 14.9 Å². The molecule has 0 spiro atoms. The van der Waals surface area contributed by atoms with Crippen molar-refractivity contribution >= 4 is 29.2 Å². The minimum atomic E-state index is -0.463. The molecule has 2 fully saturated rings. The van der Waals surface area contributed by atoms with Gasteiger partial charge in [0.1, 0.15) is 18.1 Å². The van der Waals surface area contributed by atoms with Crippen molar-refractivity contribution in [3.63, 3.8) is 0 Å². The molecule has 0 N–H and O–H groups in total. The summed E-state index contributed by atoms with van der Waals surface area (Å²) in [5, 5.41) is 10.7. The van der Waals surface area contributed by atoms with Crippen LogP contribution >= 0.6 is 11.8 Å². The van der Waals surface area contributed by atoms with Crippen molar-refractivity contribution < 1.29 is 9.72 Å². The Morgan fingerprint density at radius 3 is 2.73 bits per heavy atom. The predicted molar refractivity (Wildman–Crippen MR) is 85.2 cm³/mol. The Morgan fingerprint density at radius 2 is 2.09 bits per heavy atom. The molecule has 1 amide bonds. The van der Waals surface area contributed by atoms with Crippen molar-refractivity contribution in [2.24, 2.45) is 0 Å². The second-order valence-electron chi connectivity index (χ2n) is 5.42. The molecule has 3 heterocycles. The third-order valence-electron chi connectivity index (χ3n) is 4.10. The number of pyridine rings is 1. The van der Waals surface area contributed by atoms with Crippen molar-refractivity contribution in [2.45, 2.75) is 18.9 Å². The summed E-state index contributed by atoms with van der Waals surface area (Å²) in [6.45, 7) is 2.38. The summed E-state index contributed by atoms with van der Waals surface area (Å²) in [7, 11) is 0. The lowest BCUT2D eigenvalue weighted by Crippen LogP contribution is -2.48. The quantitative estimate of drug-likeness (QED) is 0.620. The molecule has 0 aliphatic carbocycles. The predicted octanol–water partition coefficient (Wildman–Crippen LogP) is 1.53. The summed E-state index contributed by atoms with van der Waals surface area (Å²) < 4.78 is 0. The second kappa shape index (κ2) is 6.51. The lowest BCUT2D eigenvalue weighted by atomic mass is 10.2. The van der Waals surface area contributed by atoms with Crippen LogP contribution in [0.3, 0.4) is 0 Å². The van der Waals surface area contributed by atoms with Gasteiger partial charge in [0.15, 0.2) is 0 Å². The average molecular weight is 322 g/mol. The first-order chi connectivity index (χ1) is 10.7. The number of nitro groups is 1. The van der Waals surface area contributed by atoms with E-state index in [1.165, 1.54) is 12.3 Å². The van der Waals surface area contributed by atoms with Gasteiger partial charge in [0, 0.05) is 37.2 Å². The first-order valence-electron chi connectivity index (χ1n) is 7.40. The minimum absolute atomic E-state index is 0.0288. The number of carbonyl (C=O) groups excluding carboxylic acids is 1. The molecule has 118 valence electrons. The van der Waals surface area contributed by atoms with E-state index in [9.17, 15) is 14.9 Å². The van der Waals surface area contributed by atoms with Crippen LogP contribution in [0.4, 0.5) is 11.5 Å². The molecule has 2 aliphatic heterocycles. The minimum Gasteiger partial charge on any atom is -0.345 e. The zero-order chi connectivity index (χ0) is 15.5. The van der Waals surface area contributed by atoms with E-state index >= 15 is 0 Å². The summed E-state index contributed by atoms with van der Waals surface area (Å²) >= 11 is 1.88. The zero-order valence-corrected chi connectivity index (χ0v) is 13.0. The van der Waals surface area contributed by atoms with Crippen molar-refractivity contribution in [2.75, 3.05) is 36.0 Å². The second-order valence-corrected chi connectivity index (χ2v) is 6.65. The first kappa shape index (κ1) is 15.1. The zero-order valence-electron chi connectivity index (χ0n) is 12.2. The van der Waals surface area contributed by atoms with E-state index in [-0.39, 0.29) is 17.6 Å². The van der Waals surface area contributed by atoms with Gasteiger partial charge in [0.2, 0.25) is 5.91 Å². The number of thioether (sulfide) groups is 1. The largest absolute Gasteiger partial charge is 0.345 e. The van der Waals surface area contributed by atoms with Gasteiger partial charge in [-0.25, -0.2) is 4.98 Å². The lowest BCUT2D eigenvalue weighted by Gasteiger charge is -2.32. The highest BCUT2D eigenvalue weighted by atomic mass is 32.2. The lowest BCUT2D eigenvalue weighted by molar-refractivity contribution is -0.385. The highest BCUT2D eigenvalue weighted by Crippen LogP contribution is 2.27. The molecule has 1 atom stereocenters. The van der Waals surface area contributed by atoms with Crippen molar-refractivity contribution in [1.82, 2.24) is 9.88 Å². The van der Waals surface area contributed by atoms with Gasteiger partial charge in [0.05, 0.1) is 4.92 Å². The van der Waals surface area contributed by atoms with Crippen molar-refractivity contribution in [1.29, 1.82) is 0 Å². The molecule has 2 saturated heterocycles. The monoisotopic (exact) mass is 322 g/mol. The molecule has 8 heteroatoms. The maximum absolute atomic E-state index is 12.7. The molecule has 0 bridgehead atoms. The van der Waals surface area contributed by atoms with Crippen LogP contribution in [-0.2, 0) is 4.79 Å². The number of aromatic nitrogens is 1. The normalized spacial score (nSPS) is 21.9. The van der Waals surface area contributed by atoms with Crippen LogP contribution < -0.4 is 4.90 Å². The van der Waals surface area contributed by atoms with E-state index in [0.717, 1.165) is 44.0 Å². The van der Waals surface area contributed by atoms with Crippen LogP contribution in [0.15, 0.2) is 18.3 Å². The van der Waals surface area contributed by atoms with E-state index in [1.807, 2.05) is 21.6 Å². The summed E-state index contributed by atoms with van der Waals surface area (Å²) in [6, 6.07) is 2.90. The molecule has 0 radical (unpaired) electrons. The Balaban J connectivity index is 1.74. The molecule has 0 aromatic carbocycles. The Morgan fingerprint density at radius 1 is 1.32 bits per heavy atom. The molecular weight excluding hydrogens is 304 g/mol. The van der Waals surface area contributed by atoms with E-state index in [0.29, 0.717) is 5.82 Å². The number of rotatable bonds is 3. The van der Waals surface area contributed by atoms with Gasteiger partial charge in [0.25, 0.3) is 5.69 Å². The molecule has 3 rings (SSSR count). The van der Waals surface area contributed by atoms with Crippen LogP contribution in [0.2, 0.25) is 0 Å². The number of hydrogen-bond acceptors (Lipinski definition) is 6. The SMILES string of the molecule is O=C([C@@H]1CCCN1c1ccc([N+](=O)[O-])cn1)N1CCSCC1. The van der Waals surface area contributed by atoms with Gasteiger partial charge in [-0.15, -0.1) is 0 Å². The van der Waals surface area contributed by atoms with Gasteiger partial charge in [-0.05, 0) is 18.9 Å². The molecule has 0 unspecified atom stereocenters. The Labute approximate surface area is 132 Å². The third kappa shape index (κ3) is 3.01. The van der Waals surface area contributed by atoms with E-state index in [2.05, 4.69) is 4.98 Å². The number of anilines is 1. The molecular formula is C14H18N4O3S. The van der Waals surface area contributed by atoms with Crippen LogP contribution in [0.5, 0.6) is 0 Å². The Kier molecular flexibility index (Phi) is 4.47. The van der Waals surface area contributed by atoms with Crippen LogP contribution in [-0.4, -0.2) is 57.9 Å². The van der Waals surface area contributed by atoms with E-state index in [1.54, 1.807) is 6.07 Å². The maximum Gasteiger partial charge on any atom is 0.287 e. The number of amides is 1. The molecule has 22 heavy (non-hydrogen) atoms. The van der Waals surface area contributed by atoms with Gasteiger partial charge >= 0.3 is 0 Å². The summed E-state index contributed by atoms with van der Waals surface area (Å²) in [5.41, 5.74) is -0.0288. The number of nitrogens with zero attached hydrogens (tertiary/aromatic N) is 4. The van der Waals surface area contributed by atoms with Crippen molar-refractivity contribution in [3.05, 3.63) is 28.4 Å². The first-order valence-corrected chi connectivity index (χ1v) is 8.56. The molecule has 1 aromatic rings. The fourth-order valence-corrected chi connectivity index (χ4v) is 3.85. The van der Waals surface area contributed by atoms with Crippen LogP contribution in [0.1, 0.15) is 12.8 Å². The molecule has 1 aromatic heterocycles. The van der Waals surface area contributed by atoms with Crippen LogP contribution in [0, 0.1) is 10.1 Å². The van der Waals surface area contributed by atoms with E-state index < -0.39 is 4.92 Å². The number of hydrogen-bond donors (Lipinski definition) is 0. The molecule has 2 aliphatic rings. The Bertz CT molecular complexity index is 560. The van der Waals surface area contributed by atoms with E-state index in [4.69, 9.17) is 0 Å². The standard InChI is InChI=1S/C14H18N4O3S/c19-14(16-6-8-22-9-7-16)12-2-1-5-17(12)13-4-3-11(10-15-13)18(20)21/h3-4,10,12H,1-2,5-9H2/t12-/m0/s1. The van der Waals surface area contributed by atoms with Gasteiger partial charge in [-0.1, -0.05) is 0 Å². The molecule has 0 saturated carbocycles. The summed E-state index contributed by atoms with van der Waals surface area (Å²) in [4.78, 5) is 31.0. The fraction of sp³-hybridized carbons (Fsp3) is 0.571. The highest BCUT2D eigenvalue weighted by Gasteiger charge is 2.35. The summed E-state index contributed by atoms with van der Waals surface area (Å²) in [6.07, 6.45) is 3.02. The van der Waals surface area contributed by atoms with Crippen molar-refractivity contribution in [3.8, 4) is 0 Å². The average Bonchev–Trinajstić information content (AvgIpc) is 3.04. The topological polar surface area (TPSA) is 79.6 Å². The maximum atomic E-state index is 12.7. The van der Waals surface area contributed by atoms with Gasteiger partial charge in [-0.2, -0.15) is 11.8 Å².